The van der Waals surface area contributed by atoms with Crippen molar-refractivity contribution in [3.63, 3.8) is 0 Å². The number of hydrogen-bond acceptors (Lipinski definition) is 3. The molecular weight excluding hydrogens is 288 g/mol. The minimum Gasteiger partial charge on any atom is -0.342 e. The Balaban J connectivity index is 2.52. The van der Waals surface area contributed by atoms with Gasteiger partial charge in [0.2, 0.25) is 15.9 Å². The monoisotopic (exact) mass is 310 g/mol. The number of carbonyl (C=O) groups excluding carboxylic acids is 1. The van der Waals surface area contributed by atoms with E-state index in [0.717, 1.165) is 0 Å². The van der Waals surface area contributed by atoms with Crippen LogP contribution < -0.4 is 4.72 Å². The standard InChI is InChI=1S/C12H23ClN2O3S/c1-4-19(17,18)14-10-5-7-15(8-6-10)11(16)12(2,3)9-13/h10,14H,4-9H2,1-3H3. The molecule has 7 heteroatoms. The van der Waals surface area contributed by atoms with Gasteiger partial charge in [-0.3, -0.25) is 4.79 Å². The Morgan fingerprint density at radius 2 is 1.89 bits per heavy atom. The van der Waals surface area contributed by atoms with E-state index in [1.54, 1.807) is 11.8 Å². The fraction of sp³-hybridized carbons (Fsp3) is 0.917. The van der Waals surface area contributed by atoms with Gasteiger partial charge in [0.25, 0.3) is 0 Å². The van der Waals surface area contributed by atoms with Crippen molar-refractivity contribution in [1.82, 2.24) is 9.62 Å². The van der Waals surface area contributed by atoms with Crippen molar-refractivity contribution in [1.29, 1.82) is 0 Å². The summed E-state index contributed by atoms with van der Waals surface area (Å²) < 4.78 is 25.6. The van der Waals surface area contributed by atoms with E-state index in [-0.39, 0.29) is 23.6 Å². The van der Waals surface area contributed by atoms with Crippen LogP contribution >= 0.6 is 11.6 Å². The van der Waals surface area contributed by atoms with Gasteiger partial charge in [-0.05, 0) is 33.6 Å². The third-order valence-corrected chi connectivity index (χ3v) is 5.54. The fourth-order valence-corrected chi connectivity index (χ4v) is 3.05. The van der Waals surface area contributed by atoms with E-state index in [9.17, 15) is 13.2 Å². The number of rotatable bonds is 5. The number of sulfonamides is 1. The molecule has 0 bridgehead atoms. The van der Waals surface area contributed by atoms with Gasteiger partial charge in [-0.25, -0.2) is 13.1 Å². The number of piperidine rings is 1. The first-order chi connectivity index (χ1) is 8.72. The van der Waals surface area contributed by atoms with Crippen molar-refractivity contribution < 1.29 is 13.2 Å². The van der Waals surface area contributed by atoms with Gasteiger partial charge in [0, 0.05) is 25.0 Å². The normalized spacial score (nSPS) is 18.6. The molecule has 112 valence electrons. The second kappa shape index (κ2) is 6.41. The van der Waals surface area contributed by atoms with Gasteiger partial charge in [0.15, 0.2) is 0 Å². The number of nitrogens with one attached hydrogen (secondary N) is 1. The van der Waals surface area contributed by atoms with Crippen molar-refractivity contribution in [2.45, 2.75) is 39.7 Å². The molecule has 1 aliphatic rings. The summed E-state index contributed by atoms with van der Waals surface area (Å²) in [5, 5.41) is 0. The first kappa shape index (κ1) is 16.7. The largest absolute Gasteiger partial charge is 0.342 e. The molecule has 0 saturated carbocycles. The van der Waals surface area contributed by atoms with Crippen molar-refractivity contribution in [3.8, 4) is 0 Å². The Kier molecular flexibility index (Phi) is 5.65. The molecule has 1 fully saturated rings. The predicted octanol–water partition coefficient (Wildman–Crippen LogP) is 1.18. The lowest BCUT2D eigenvalue weighted by atomic mass is 9.93. The molecule has 1 N–H and O–H groups in total. The van der Waals surface area contributed by atoms with Crippen molar-refractivity contribution in [2.75, 3.05) is 24.7 Å². The molecule has 0 aromatic heterocycles. The molecule has 0 radical (unpaired) electrons. The molecule has 0 unspecified atom stereocenters. The van der Waals surface area contributed by atoms with Gasteiger partial charge in [0.05, 0.1) is 11.2 Å². The molecule has 0 aromatic rings. The average Bonchev–Trinajstić information content (AvgIpc) is 2.38. The first-order valence-corrected chi connectivity index (χ1v) is 8.76. The van der Waals surface area contributed by atoms with Crippen LogP contribution in [-0.4, -0.2) is 50.0 Å². The summed E-state index contributed by atoms with van der Waals surface area (Å²) in [5.41, 5.74) is -0.558. The van der Waals surface area contributed by atoms with Gasteiger partial charge >= 0.3 is 0 Å². The number of alkyl halides is 1. The molecule has 5 nitrogen and oxygen atoms in total. The zero-order valence-corrected chi connectivity index (χ0v) is 13.4. The van der Waals surface area contributed by atoms with Crippen LogP contribution in [0.25, 0.3) is 0 Å². The molecular formula is C12H23ClN2O3S. The summed E-state index contributed by atoms with van der Waals surface area (Å²) in [4.78, 5) is 14.0. The summed E-state index contributed by atoms with van der Waals surface area (Å²) in [6, 6.07) is -0.0619. The van der Waals surface area contributed by atoms with E-state index in [1.807, 2.05) is 13.8 Å². The number of amides is 1. The molecule has 1 rings (SSSR count). The smallest absolute Gasteiger partial charge is 0.229 e. The first-order valence-electron chi connectivity index (χ1n) is 6.57. The number of nitrogens with zero attached hydrogens (tertiary/aromatic N) is 1. The summed E-state index contributed by atoms with van der Waals surface area (Å²) in [5.74, 6) is 0.416. The Bertz CT molecular complexity index is 415. The van der Waals surface area contributed by atoms with E-state index in [2.05, 4.69) is 4.72 Å². The van der Waals surface area contributed by atoms with Crippen LogP contribution in [0.15, 0.2) is 0 Å². The van der Waals surface area contributed by atoms with Crippen LogP contribution in [0.1, 0.15) is 33.6 Å². The molecule has 1 heterocycles. The quantitative estimate of drug-likeness (QED) is 0.776. The van der Waals surface area contributed by atoms with Gasteiger partial charge < -0.3 is 4.90 Å². The fourth-order valence-electron chi connectivity index (χ4n) is 2.02. The van der Waals surface area contributed by atoms with Gasteiger partial charge in [-0.1, -0.05) is 0 Å². The maximum Gasteiger partial charge on any atom is 0.229 e. The number of likely N-dealkylation sites (tertiary alicyclic amines) is 1. The van der Waals surface area contributed by atoms with E-state index < -0.39 is 15.4 Å². The topological polar surface area (TPSA) is 66.5 Å². The predicted molar refractivity (Wildman–Crippen MR) is 76.7 cm³/mol. The minimum atomic E-state index is -3.16. The molecule has 0 spiro atoms. The van der Waals surface area contributed by atoms with Crippen LogP contribution in [0.2, 0.25) is 0 Å². The van der Waals surface area contributed by atoms with E-state index in [0.29, 0.717) is 25.9 Å². The second-order valence-corrected chi connectivity index (χ2v) is 7.92. The molecule has 1 amide bonds. The molecule has 1 saturated heterocycles. The highest BCUT2D eigenvalue weighted by atomic mass is 35.5. The maximum absolute atomic E-state index is 12.2. The lowest BCUT2D eigenvalue weighted by Gasteiger charge is -2.36. The van der Waals surface area contributed by atoms with Crippen LogP contribution in [0.3, 0.4) is 0 Å². The highest BCUT2D eigenvalue weighted by Gasteiger charge is 2.33. The Labute approximate surface area is 120 Å². The zero-order valence-electron chi connectivity index (χ0n) is 11.8. The average molecular weight is 311 g/mol. The Morgan fingerprint density at radius 1 is 1.37 bits per heavy atom. The minimum absolute atomic E-state index is 0.0410. The maximum atomic E-state index is 12.2. The van der Waals surface area contributed by atoms with Crippen LogP contribution in [0.4, 0.5) is 0 Å². The number of carbonyl (C=O) groups is 1. The molecule has 0 aliphatic carbocycles. The second-order valence-electron chi connectivity index (χ2n) is 5.61. The van der Waals surface area contributed by atoms with Crippen LogP contribution in [-0.2, 0) is 14.8 Å². The van der Waals surface area contributed by atoms with E-state index in [4.69, 9.17) is 11.6 Å². The number of halogens is 1. The van der Waals surface area contributed by atoms with Crippen molar-refractivity contribution in [3.05, 3.63) is 0 Å². The molecule has 1 aliphatic heterocycles. The van der Waals surface area contributed by atoms with Crippen molar-refractivity contribution >= 4 is 27.5 Å². The lowest BCUT2D eigenvalue weighted by molar-refractivity contribution is -0.140. The van der Waals surface area contributed by atoms with Gasteiger partial charge in [-0.15, -0.1) is 11.6 Å². The summed E-state index contributed by atoms with van der Waals surface area (Å²) in [6.07, 6.45) is 1.31. The molecule has 19 heavy (non-hydrogen) atoms. The van der Waals surface area contributed by atoms with Crippen LogP contribution in [0.5, 0.6) is 0 Å². The van der Waals surface area contributed by atoms with Crippen LogP contribution in [0, 0.1) is 5.41 Å². The summed E-state index contributed by atoms with van der Waals surface area (Å²) in [7, 11) is -3.16. The number of hydrogen-bond donors (Lipinski definition) is 1. The summed E-state index contributed by atoms with van der Waals surface area (Å²) in [6.45, 7) is 6.43. The van der Waals surface area contributed by atoms with Gasteiger partial charge in [-0.2, -0.15) is 0 Å². The Morgan fingerprint density at radius 3 is 2.32 bits per heavy atom. The third kappa shape index (κ3) is 4.61. The van der Waals surface area contributed by atoms with E-state index in [1.165, 1.54) is 0 Å². The SMILES string of the molecule is CCS(=O)(=O)NC1CCN(C(=O)C(C)(C)CCl)CC1. The lowest BCUT2D eigenvalue weighted by Crippen LogP contribution is -2.50. The zero-order chi connectivity index (χ0) is 14.7. The highest BCUT2D eigenvalue weighted by molar-refractivity contribution is 7.89. The molecule has 0 atom stereocenters. The Hall–Kier alpha value is -0.330. The third-order valence-electron chi connectivity index (χ3n) is 3.42. The molecule has 0 aromatic carbocycles. The van der Waals surface area contributed by atoms with E-state index >= 15 is 0 Å². The van der Waals surface area contributed by atoms with Gasteiger partial charge in [0.1, 0.15) is 0 Å². The van der Waals surface area contributed by atoms with Crippen molar-refractivity contribution in [2.24, 2.45) is 5.41 Å². The highest BCUT2D eigenvalue weighted by Crippen LogP contribution is 2.23. The summed E-state index contributed by atoms with van der Waals surface area (Å²) >= 11 is 5.80.